The first kappa shape index (κ1) is 18.7. The van der Waals surface area contributed by atoms with Crippen molar-refractivity contribution in [2.75, 3.05) is 19.7 Å². The Hall–Kier alpha value is -2.60. The molecule has 0 aliphatic heterocycles. The van der Waals surface area contributed by atoms with E-state index in [-0.39, 0.29) is 31.0 Å². The lowest BCUT2D eigenvalue weighted by Gasteiger charge is -2.27. The molecule has 6 heteroatoms. The van der Waals surface area contributed by atoms with Gasteiger partial charge in [0, 0.05) is 6.04 Å². The maximum Gasteiger partial charge on any atom is 0.320 e. The van der Waals surface area contributed by atoms with E-state index in [0.29, 0.717) is 18.9 Å². The predicted molar refractivity (Wildman–Crippen MR) is 93.6 cm³/mol. The second-order valence-electron chi connectivity index (χ2n) is 5.65. The minimum atomic E-state index is -0.343. The molecule has 0 fully saturated rings. The van der Waals surface area contributed by atoms with Crippen LogP contribution in [0.4, 0.5) is 0 Å². The summed E-state index contributed by atoms with van der Waals surface area (Å²) in [6.45, 7) is 4.51. The van der Waals surface area contributed by atoms with Gasteiger partial charge in [-0.3, -0.25) is 14.5 Å². The van der Waals surface area contributed by atoms with Crippen LogP contribution in [0.1, 0.15) is 31.2 Å². The average molecular weight is 344 g/mol. The van der Waals surface area contributed by atoms with E-state index in [1.54, 1.807) is 30.2 Å². The van der Waals surface area contributed by atoms with Crippen molar-refractivity contribution in [1.29, 1.82) is 0 Å². The molecule has 6 nitrogen and oxygen atoms in total. The maximum absolute atomic E-state index is 12.3. The molecule has 2 aromatic rings. The summed E-state index contributed by atoms with van der Waals surface area (Å²) in [7, 11) is 0. The predicted octanol–water partition coefficient (Wildman–Crippen LogP) is 2.52. The van der Waals surface area contributed by atoms with E-state index in [0.717, 1.165) is 5.56 Å². The van der Waals surface area contributed by atoms with Gasteiger partial charge in [0.05, 0.1) is 32.5 Å². The molecule has 0 spiro atoms. The van der Waals surface area contributed by atoms with Gasteiger partial charge in [-0.15, -0.1) is 0 Å². The van der Waals surface area contributed by atoms with Gasteiger partial charge in [-0.2, -0.15) is 0 Å². The van der Waals surface area contributed by atoms with Crippen molar-refractivity contribution in [3.63, 3.8) is 0 Å². The largest absolute Gasteiger partial charge is 0.467 e. The standard InChI is InChI=1S/C19H24N2O4/c1-3-24-19(23)14-21(15(2)16-8-5-4-6-9-16)13-18(22)20-12-17-10-7-11-25-17/h4-11,15H,3,12-14H2,1-2H3,(H,20,22)/t15-/m0/s1. The molecule has 1 N–H and O–H groups in total. The van der Waals surface area contributed by atoms with Crippen LogP contribution in [0.2, 0.25) is 0 Å². The number of furan rings is 1. The van der Waals surface area contributed by atoms with Crippen LogP contribution in [-0.2, 0) is 20.9 Å². The molecule has 1 atom stereocenters. The number of ether oxygens (including phenoxy) is 1. The molecular weight excluding hydrogens is 320 g/mol. The lowest BCUT2D eigenvalue weighted by atomic mass is 10.1. The summed E-state index contributed by atoms with van der Waals surface area (Å²) in [6.07, 6.45) is 1.56. The highest BCUT2D eigenvalue weighted by Crippen LogP contribution is 2.19. The van der Waals surface area contributed by atoms with E-state index in [2.05, 4.69) is 5.32 Å². The maximum atomic E-state index is 12.3. The van der Waals surface area contributed by atoms with Gasteiger partial charge in [0.1, 0.15) is 5.76 Å². The van der Waals surface area contributed by atoms with Gasteiger partial charge in [0.2, 0.25) is 5.91 Å². The van der Waals surface area contributed by atoms with Crippen LogP contribution in [-0.4, -0.2) is 36.5 Å². The second kappa shape index (κ2) is 9.64. The summed E-state index contributed by atoms with van der Waals surface area (Å²) in [6, 6.07) is 13.2. The number of rotatable bonds is 9. The van der Waals surface area contributed by atoms with E-state index >= 15 is 0 Å². The number of hydrogen-bond donors (Lipinski definition) is 1. The highest BCUT2D eigenvalue weighted by Gasteiger charge is 2.22. The number of amides is 1. The summed E-state index contributed by atoms with van der Waals surface area (Å²) in [5.74, 6) is 0.161. The zero-order valence-electron chi connectivity index (χ0n) is 14.6. The lowest BCUT2D eigenvalue weighted by molar-refractivity contribution is -0.145. The number of nitrogens with one attached hydrogen (secondary N) is 1. The van der Waals surface area contributed by atoms with Gasteiger partial charge in [-0.25, -0.2) is 0 Å². The molecule has 0 radical (unpaired) electrons. The van der Waals surface area contributed by atoms with Gasteiger partial charge in [0.15, 0.2) is 0 Å². The molecule has 0 bridgehead atoms. The van der Waals surface area contributed by atoms with Crippen LogP contribution in [0.25, 0.3) is 0 Å². The fourth-order valence-corrected chi connectivity index (χ4v) is 2.48. The number of esters is 1. The molecule has 0 saturated carbocycles. The molecule has 0 aliphatic rings. The van der Waals surface area contributed by atoms with Crippen molar-refractivity contribution >= 4 is 11.9 Å². The van der Waals surface area contributed by atoms with E-state index in [4.69, 9.17) is 9.15 Å². The first-order valence-electron chi connectivity index (χ1n) is 8.33. The highest BCUT2D eigenvalue weighted by atomic mass is 16.5. The monoisotopic (exact) mass is 344 g/mol. The Labute approximate surface area is 147 Å². The van der Waals surface area contributed by atoms with Gasteiger partial charge < -0.3 is 14.5 Å². The number of nitrogens with zero attached hydrogens (tertiary/aromatic N) is 1. The summed E-state index contributed by atoms with van der Waals surface area (Å²) < 4.78 is 10.2. The van der Waals surface area contributed by atoms with Crippen molar-refractivity contribution in [2.24, 2.45) is 0 Å². The molecule has 1 amide bonds. The minimum absolute atomic E-state index is 0.0536. The van der Waals surface area contributed by atoms with Crippen LogP contribution >= 0.6 is 0 Å². The summed E-state index contributed by atoms with van der Waals surface area (Å²) >= 11 is 0. The van der Waals surface area contributed by atoms with Crippen molar-refractivity contribution in [2.45, 2.75) is 26.4 Å². The van der Waals surface area contributed by atoms with Crippen molar-refractivity contribution in [3.05, 3.63) is 60.1 Å². The van der Waals surface area contributed by atoms with E-state index < -0.39 is 0 Å². The SMILES string of the molecule is CCOC(=O)CN(CC(=O)NCc1ccco1)[C@@H](C)c1ccccc1. The topological polar surface area (TPSA) is 71.8 Å². The number of hydrogen-bond acceptors (Lipinski definition) is 5. The molecule has 2 rings (SSSR count). The van der Waals surface area contributed by atoms with Gasteiger partial charge in [0.25, 0.3) is 0 Å². The zero-order chi connectivity index (χ0) is 18.1. The van der Waals surface area contributed by atoms with Gasteiger partial charge >= 0.3 is 5.97 Å². The smallest absolute Gasteiger partial charge is 0.320 e. The molecule has 134 valence electrons. The molecule has 0 aliphatic carbocycles. The first-order chi connectivity index (χ1) is 12.1. The molecular formula is C19H24N2O4. The Morgan fingerprint density at radius 3 is 2.56 bits per heavy atom. The Balaban J connectivity index is 2.00. The van der Waals surface area contributed by atoms with Crippen LogP contribution in [0.3, 0.4) is 0 Å². The first-order valence-corrected chi connectivity index (χ1v) is 8.33. The molecule has 0 saturated heterocycles. The third-order valence-corrected chi connectivity index (χ3v) is 3.85. The Morgan fingerprint density at radius 2 is 1.92 bits per heavy atom. The van der Waals surface area contributed by atoms with Gasteiger partial charge in [-0.1, -0.05) is 30.3 Å². The number of carbonyl (C=O) groups excluding carboxylic acids is 2. The van der Waals surface area contributed by atoms with E-state index in [1.165, 1.54) is 0 Å². The second-order valence-corrected chi connectivity index (χ2v) is 5.65. The third kappa shape index (κ3) is 6.08. The molecule has 1 heterocycles. The van der Waals surface area contributed by atoms with Gasteiger partial charge in [-0.05, 0) is 31.5 Å². The molecule has 0 unspecified atom stereocenters. The molecule has 1 aromatic heterocycles. The molecule has 25 heavy (non-hydrogen) atoms. The van der Waals surface area contributed by atoms with Crippen LogP contribution in [0, 0.1) is 0 Å². The average Bonchev–Trinajstić information content (AvgIpc) is 3.13. The van der Waals surface area contributed by atoms with Crippen molar-refractivity contribution in [3.8, 4) is 0 Å². The number of benzene rings is 1. The van der Waals surface area contributed by atoms with Crippen LogP contribution < -0.4 is 5.32 Å². The van der Waals surface area contributed by atoms with Crippen LogP contribution in [0.5, 0.6) is 0 Å². The summed E-state index contributed by atoms with van der Waals surface area (Å²) in [4.78, 5) is 26.0. The molecule has 1 aromatic carbocycles. The Morgan fingerprint density at radius 1 is 1.16 bits per heavy atom. The van der Waals surface area contributed by atoms with E-state index in [9.17, 15) is 9.59 Å². The highest BCUT2D eigenvalue weighted by molar-refractivity contribution is 5.79. The minimum Gasteiger partial charge on any atom is -0.467 e. The fraction of sp³-hybridized carbons (Fsp3) is 0.368. The van der Waals surface area contributed by atoms with Crippen LogP contribution in [0.15, 0.2) is 53.1 Å². The van der Waals surface area contributed by atoms with Crippen molar-refractivity contribution in [1.82, 2.24) is 10.2 Å². The summed E-state index contributed by atoms with van der Waals surface area (Å²) in [5.41, 5.74) is 1.03. The fourth-order valence-electron chi connectivity index (χ4n) is 2.48. The van der Waals surface area contributed by atoms with Crippen molar-refractivity contribution < 1.29 is 18.7 Å². The Kier molecular flexibility index (Phi) is 7.22. The Bertz CT molecular complexity index is 655. The van der Waals surface area contributed by atoms with E-state index in [1.807, 2.05) is 37.3 Å². The summed E-state index contributed by atoms with van der Waals surface area (Å²) in [5, 5.41) is 2.80. The quantitative estimate of drug-likeness (QED) is 0.708. The lowest BCUT2D eigenvalue weighted by Crippen LogP contribution is -2.41. The zero-order valence-corrected chi connectivity index (χ0v) is 14.6. The normalized spacial score (nSPS) is 12.0. The number of carbonyl (C=O) groups is 2. The third-order valence-electron chi connectivity index (χ3n) is 3.85.